The van der Waals surface area contributed by atoms with E-state index in [1.54, 1.807) is 11.3 Å². The molecule has 0 aliphatic rings. The van der Waals surface area contributed by atoms with E-state index in [-0.39, 0.29) is 6.04 Å². The Morgan fingerprint density at radius 1 is 1.40 bits per heavy atom. The summed E-state index contributed by atoms with van der Waals surface area (Å²) in [6.45, 7) is 0. The minimum absolute atomic E-state index is 0.189. The molecule has 0 fully saturated rings. The lowest BCUT2D eigenvalue weighted by Crippen LogP contribution is -2.10. The average Bonchev–Trinajstić information content (AvgIpc) is 2.69. The summed E-state index contributed by atoms with van der Waals surface area (Å²) < 4.78 is 1.34. The van der Waals surface area contributed by atoms with Crippen LogP contribution in [0.2, 0.25) is 0 Å². The van der Waals surface area contributed by atoms with E-state index in [0.29, 0.717) is 0 Å². The fourth-order valence-corrected chi connectivity index (χ4v) is 3.20. The normalized spacial score (nSPS) is 13.2. The molecule has 1 aromatic carbocycles. The standard InChI is InChI=1S/C12H15NS2/c1-14-7-6-11(13)10-8-15-12-5-3-2-4-9(10)12/h2-5,8,11H,6-7,13H2,1H3. The largest absolute Gasteiger partial charge is 0.324 e. The van der Waals surface area contributed by atoms with Crippen molar-refractivity contribution >= 4 is 33.2 Å². The summed E-state index contributed by atoms with van der Waals surface area (Å²) in [6, 6.07) is 8.68. The van der Waals surface area contributed by atoms with E-state index in [2.05, 4.69) is 35.9 Å². The molecule has 2 N–H and O–H groups in total. The Labute approximate surface area is 98.7 Å². The fourth-order valence-electron chi connectivity index (χ4n) is 1.69. The second-order valence-electron chi connectivity index (χ2n) is 3.58. The van der Waals surface area contributed by atoms with Crippen LogP contribution in [0.5, 0.6) is 0 Å². The molecule has 0 spiro atoms. The fraction of sp³-hybridized carbons (Fsp3) is 0.333. The van der Waals surface area contributed by atoms with E-state index in [1.807, 2.05) is 11.8 Å². The van der Waals surface area contributed by atoms with Crippen LogP contribution in [-0.2, 0) is 0 Å². The molecule has 80 valence electrons. The maximum absolute atomic E-state index is 6.18. The van der Waals surface area contributed by atoms with Gasteiger partial charge in [0.1, 0.15) is 0 Å². The van der Waals surface area contributed by atoms with Gasteiger partial charge in [0.15, 0.2) is 0 Å². The third-order valence-electron chi connectivity index (χ3n) is 2.54. The first-order chi connectivity index (χ1) is 7.33. The van der Waals surface area contributed by atoms with E-state index in [1.165, 1.54) is 15.6 Å². The molecule has 0 radical (unpaired) electrons. The molecule has 1 nitrogen and oxygen atoms in total. The molecule has 0 aliphatic carbocycles. The zero-order valence-corrected chi connectivity index (χ0v) is 10.4. The van der Waals surface area contributed by atoms with Crippen LogP contribution in [0.25, 0.3) is 10.1 Å². The van der Waals surface area contributed by atoms with Gasteiger partial charge in [-0.15, -0.1) is 11.3 Å². The summed E-state index contributed by atoms with van der Waals surface area (Å²) in [4.78, 5) is 0. The zero-order chi connectivity index (χ0) is 10.7. The van der Waals surface area contributed by atoms with E-state index in [0.717, 1.165) is 12.2 Å². The summed E-state index contributed by atoms with van der Waals surface area (Å²) >= 11 is 3.64. The first-order valence-corrected chi connectivity index (χ1v) is 7.31. The molecule has 0 bridgehead atoms. The third-order valence-corrected chi connectivity index (χ3v) is 4.17. The van der Waals surface area contributed by atoms with E-state index < -0.39 is 0 Å². The van der Waals surface area contributed by atoms with Gasteiger partial charge in [-0.1, -0.05) is 18.2 Å². The molecule has 2 rings (SSSR count). The molecule has 0 saturated heterocycles. The molecule has 3 heteroatoms. The molecule has 2 aromatic rings. The van der Waals surface area contributed by atoms with E-state index in [9.17, 15) is 0 Å². The lowest BCUT2D eigenvalue weighted by molar-refractivity contribution is 0.713. The molecule has 15 heavy (non-hydrogen) atoms. The quantitative estimate of drug-likeness (QED) is 0.878. The number of thiophene rings is 1. The maximum Gasteiger partial charge on any atom is 0.0346 e. The highest BCUT2D eigenvalue weighted by atomic mass is 32.2. The molecule has 1 heterocycles. The molecule has 1 unspecified atom stereocenters. The first kappa shape index (κ1) is 11.0. The van der Waals surface area contributed by atoms with Crippen molar-refractivity contribution in [3.63, 3.8) is 0 Å². The molecule has 0 saturated carbocycles. The lowest BCUT2D eigenvalue weighted by atomic mass is 10.0. The van der Waals surface area contributed by atoms with Gasteiger partial charge in [-0.05, 0) is 40.8 Å². The minimum Gasteiger partial charge on any atom is -0.324 e. The van der Waals surface area contributed by atoms with Gasteiger partial charge in [0, 0.05) is 10.7 Å². The number of benzene rings is 1. The van der Waals surface area contributed by atoms with Crippen LogP contribution in [0.15, 0.2) is 29.6 Å². The summed E-state index contributed by atoms with van der Waals surface area (Å²) in [5, 5.41) is 3.53. The van der Waals surface area contributed by atoms with E-state index in [4.69, 9.17) is 5.73 Å². The number of nitrogens with two attached hydrogens (primary N) is 1. The van der Waals surface area contributed by atoms with Crippen molar-refractivity contribution in [1.29, 1.82) is 0 Å². The SMILES string of the molecule is CSCCC(N)c1csc2ccccc12. The van der Waals surface area contributed by atoms with Crippen molar-refractivity contribution in [3.8, 4) is 0 Å². The van der Waals surface area contributed by atoms with Crippen LogP contribution in [-0.4, -0.2) is 12.0 Å². The van der Waals surface area contributed by atoms with E-state index >= 15 is 0 Å². The highest BCUT2D eigenvalue weighted by Crippen LogP contribution is 2.30. The molecule has 1 atom stereocenters. The predicted molar refractivity (Wildman–Crippen MR) is 71.8 cm³/mol. The summed E-state index contributed by atoms with van der Waals surface area (Å²) in [5.74, 6) is 1.13. The average molecular weight is 237 g/mol. The summed E-state index contributed by atoms with van der Waals surface area (Å²) in [7, 11) is 0. The predicted octanol–water partition coefficient (Wildman–Crippen LogP) is 3.65. The lowest BCUT2D eigenvalue weighted by Gasteiger charge is -2.09. The van der Waals surface area contributed by atoms with Crippen LogP contribution in [0.4, 0.5) is 0 Å². The number of hydrogen-bond acceptors (Lipinski definition) is 3. The Balaban J connectivity index is 2.27. The monoisotopic (exact) mass is 237 g/mol. The summed E-state index contributed by atoms with van der Waals surface area (Å²) in [6.07, 6.45) is 3.18. The molecular formula is C12H15NS2. The second kappa shape index (κ2) is 5.01. The molecule has 1 aromatic heterocycles. The molecular weight excluding hydrogens is 222 g/mol. The van der Waals surface area contributed by atoms with Gasteiger partial charge in [-0.2, -0.15) is 11.8 Å². The Bertz CT molecular complexity index is 436. The summed E-state index contributed by atoms with van der Waals surface area (Å²) in [5.41, 5.74) is 7.49. The first-order valence-electron chi connectivity index (χ1n) is 5.03. The highest BCUT2D eigenvalue weighted by Gasteiger charge is 2.10. The van der Waals surface area contributed by atoms with Crippen molar-refractivity contribution in [2.75, 3.05) is 12.0 Å². The van der Waals surface area contributed by atoms with Gasteiger partial charge in [0.25, 0.3) is 0 Å². The number of hydrogen-bond donors (Lipinski definition) is 1. The third kappa shape index (κ3) is 2.36. The maximum atomic E-state index is 6.18. The Hall–Kier alpha value is -0.510. The Morgan fingerprint density at radius 3 is 3.00 bits per heavy atom. The number of rotatable bonds is 4. The topological polar surface area (TPSA) is 26.0 Å². The van der Waals surface area contributed by atoms with Gasteiger partial charge >= 0.3 is 0 Å². The van der Waals surface area contributed by atoms with Gasteiger partial charge in [-0.25, -0.2) is 0 Å². The van der Waals surface area contributed by atoms with Gasteiger partial charge in [-0.3, -0.25) is 0 Å². The van der Waals surface area contributed by atoms with Gasteiger partial charge < -0.3 is 5.73 Å². The van der Waals surface area contributed by atoms with Crippen LogP contribution < -0.4 is 5.73 Å². The van der Waals surface area contributed by atoms with Crippen molar-refractivity contribution in [1.82, 2.24) is 0 Å². The molecule has 0 aliphatic heterocycles. The zero-order valence-electron chi connectivity index (χ0n) is 8.77. The Morgan fingerprint density at radius 2 is 2.20 bits per heavy atom. The van der Waals surface area contributed by atoms with Gasteiger partial charge in [0.05, 0.1) is 0 Å². The van der Waals surface area contributed by atoms with Crippen molar-refractivity contribution in [2.45, 2.75) is 12.5 Å². The highest BCUT2D eigenvalue weighted by molar-refractivity contribution is 7.98. The van der Waals surface area contributed by atoms with Crippen molar-refractivity contribution < 1.29 is 0 Å². The van der Waals surface area contributed by atoms with Crippen molar-refractivity contribution in [3.05, 3.63) is 35.2 Å². The number of thioether (sulfide) groups is 1. The second-order valence-corrected chi connectivity index (χ2v) is 5.47. The van der Waals surface area contributed by atoms with Gasteiger partial charge in [0.2, 0.25) is 0 Å². The van der Waals surface area contributed by atoms with Crippen molar-refractivity contribution in [2.24, 2.45) is 5.73 Å². The van der Waals surface area contributed by atoms with Crippen LogP contribution in [0.3, 0.4) is 0 Å². The Kier molecular flexibility index (Phi) is 3.67. The smallest absolute Gasteiger partial charge is 0.0346 e. The number of fused-ring (bicyclic) bond motifs is 1. The van der Waals surface area contributed by atoms with Crippen LogP contribution in [0, 0.1) is 0 Å². The van der Waals surface area contributed by atoms with Crippen LogP contribution in [0.1, 0.15) is 18.0 Å². The minimum atomic E-state index is 0.189. The van der Waals surface area contributed by atoms with Crippen LogP contribution >= 0.6 is 23.1 Å². The molecule has 0 amide bonds.